The van der Waals surface area contributed by atoms with Crippen molar-refractivity contribution in [1.82, 2.24) is 15.6 Å². The lowest BCUT2D eigenvalue weighted by atomic mass is 9.98. The minimum atomic E-state index is -0.137. The largest absolute Gasteiger partial charge is 0.493 e. The minimum absolute atomic E-state index is 0.115. The van der Waals surface area contributed by atoms with Gasteiger partial charge in [-0.05, 0) is 30.3 Å². The minimum Gasteiger partial charge on any atom is -0.493 e. The average Bonchev–Trinajstić information content (AvgIpc) is 3.23. The normalized spacial score (nSPS) is 18.4. The number of benzene rings is 2. The molecule has 30 heavy (non-hydrogen) atoms. The van der Waals surface area contributed by atoms with Crippen LogP contribution in [0, 0.1) is 11.3 Å². The number of amides is 1. The number of rotatable bonds is 3. The van der Waals surface area contributed by atoms with Crippen molar-refractivity contribution in [2.24, 2.45) is 0 Å². The summed E-state index contributed by atoms with van der Waals surface area (Å²) in [6.45, 7) is 4.33. The van der Waals surface area contributed by atoms with Gasteiger partial charge < -0.3 is 20.3 Å². The van der Waals surface area contributed by atoms with Crippen LogP contribution in [0.4, 0.5) is 5.13 Å². The molecule has 5 rings (SSSR count). The third kappa shape index (κ3) is 3.58. The number of carbonyl (C=O) groups is 1. The predicted molar refractivity (Wildman–Crippen MR) is 116 cm³/mol. The molecule has 1 aromatic heterocycles. The standard InChI is InChI=1S/C22H21N5O2S/c23-13-14-1-3-16-17(5-10-29-19(16)11-14)25-21(28)15-2-4-18-20(12-15)30-22(26-18)27-8-6-24-7-9-27/h1-4,11-12,17,24H,5-10H2,(H,25,28). The Morgan fingerprint density at radius 2 is 2.13 bits per heavy atom. The van der Waals surface area contributed by atoms with Gasteiger partial charge in [0, 0.05) is 43.7 Å². The number of nitrogens with zero attached hydrogens (tertiary/aromatic N) is 3. The summed E-state index contributed by atoms with van der Waals surface area (Å²) in [6.07, 6.45) is 0.695. The van der Waals surface area contributed by atoms with Crippen molar-refractivity contribution >= 4 is 32.6 Å². The molecule has 0 spiro atoms. The van der Waals surface area contributed by atoms with Crippen LogP contribution >= 0.6 is 11.3 Å². The van der Waals surface area contributed by atoms with Crippen LogP contribution in [0.1, 0.15) is 33.9 Å². The van der Waals surface area contributed by atoms with Gasteiger partial charge in [0.25, 0.3) is 5.91 Å². The van der Waals surface area contributed by atoms with Gasteiger partial charge >= 0.3 is 0 Å². The van der Waals surface area contributed by atoms with Crippen molar-refractivity contribution < 1.29 is 9.53 Å². The fourth-order valence-electron chi connectivity index (χ4n) is 3.90. The first-order valence-electron chi connectivity index (χ1n) is 10.1. The Morgan fingerprint density at radius 1 is 1.27 bits per heavy atom. The van der Waals surface area contributed by atoms with Crippen molar-refractivity contribution in [3.63, 3.8) is 0 Å². The monoisotopic (exact) mass is 419 g/mol. The van der Waals surface area contributed by atoms with E-state index in [-0.39, 0.29) is 11.9 Å². The summed E-state index contributed by atoms with van der Waals surface area (Å²) in [6, 6.07) is 13.0. The van der Waals surface area contributed by atoms with Gasteiger partial charge in [-0.3, -0.25) is 4.79 Å². The smallest absolute Gasteiger partial charge is 0.251 e. The molecule has 0 aliphatic carbocycles. The molecule has 0 radical (unpaired) electrons. The molecule has 1 amide bonds. The zero-order valence-electron chi connectivity index (χ0n) is 16.4. The number of ether oxygens (including phenoxy) is 1. The number of piperazine rings is 1. The molecular formula is C22H21N5O2S. The van der Waals surface area contributed by atoms with E-state index in [1.807, 2.05) is 24.3 Å². The second-order valence-corrected chi connectivity index (χ2v) is 8.45. The summed E-state index contributed by atoms with van der Waals surface area (Å²) in [4.78, 5) is 20.0. The lowest BCUT2D eigenvalue weighted by molar-refractivity contribution is 0.0925. The highest BCUT2D eigenvalue weighted by atomic mass is 32.1. The molecule has 2 aromatic carbocycles. The average molecular weight is 420 g/mol. The third-order valence-corrected chi connectivity index (χ3v) is 6.59. The van der Waals surface area contributed by atoms with E-state index in [0.717, 1.165) is 47.1 Å². The Labute approximate surface area is 178 Å². The van der Waals surface area contributed by atoms with Gasteiger partial charge in [0.15, 0.2) is 5.13 Å². The van der Waals surface area contributed by atoms with E-state index in [2.05, 4.69) is 21.6 Å². The second kappa shape index (κ2) is 7.94. The summed E-state index contributed by atoms with van der Waals surface area (Å²) in [5.41, 5.74) is 3.01. The van der Waals surface area contributed by atoms with E-state index in [1.165, 1.54) is 0 Å². The molecular weight excluding hydrogens is 398 g/mol. The Hall–Kier alpha value is -3.15. The Kier molecular flexibility index (Phi) is 4.99. The molecule has 8 heteroatoms. The quantitative estimate of drug-likeness (QED) is 0.679. The number of nitriles is 1. The van der Waals surface area contributed by atoms with Crippen LogP contribution in [-0.2, 0) is 0 Å². The summed E-state index contributed by atoms with van der Waals surface area (Å²) < 4.78 is 6.70. The predicted octanol–water partition coefficient (Wildman–Crippen LogP) is 2.83. The van der Waals surface area contributed by atoms with Gasteiger partial charge in [-0.1, -0.05) is 17.4 Å². The number of nitrogens with one attached hydrogen (secondary N) is 2. The first kappa shape index (κ1) is 18.9. The number of thiazole rings is 1. The van der Waals surface area contributed by atoms with Crippen molar-refractivity contribution in [2.75, 3.05) is 37.7 Å². The van der Waals surface area contributed by atoms with Gasteiger partial charge in [-0.25, -0.2) is 4.98 Å². The van der Waals surface area contributed by atoms with Gasteiger partial charge in [0.2, 0.25) is 0 Å². The zero-order chi connectivity index (χ0) is 20.5. The summed E-state index contributed by atoms with van der Waals surface area (Å²) in [7, 11) is 0. The number of hydrogen-bond donors (Lipinski definition) is 2. The van der Waals surface area contributed by atoms with Crippen LogP contribution in [0.2, 0.25) is 0 Å². The maximum absolute atomic E-state index is 13.0. The molecule has 0 bridgehead atoms. The lowest BCUT2D eigenvalue weighted by Gasteiger charge is -2.26. The van der Waals surface area contributed by atoms with Gasteiger partial charge in [-0.15, -0.1) is 0 Å². The summed E-state index contributed by atoms with van der Waals surface area (Å²) >= 11 is 1.63. The summed E-state index contributed by atoms with van der Waals surface area (Å²) in [5.74, 6) is 0.556. The number of anilines is 1. The van der Waals surface area contributed by atoms with Crippen LogP contribution in [0.15, 0.2) is 36.4 Å². The maximum Gasteiger partial charge on any atom is 0.251 e. The molecule has 1 unspecified atom stereocenters. The maximum atomic E-state index is 13.0. The van der Waals surface area contributed by atoms with E-state index in [0.29, 0.717) is 29.9 Å². The van der Waals surface area contributed by atoms with E-state index >= 15 is 0 Å². The molecule has 1 saturated heterocycles. The van der Waals surface area contributed by atoms with E-state index in [4.69, 9.17) is 15.0 Å². The van der Waals surface area contributed by atoms with Gasteiger partial charge in [-0.2, -0.15) is 5.26 Å². The molecule has 2 N–H and O–H groups in total. The number of fused-ring (bicyclic) bond motifs is 2. The van der Waals surface area contributed by atoms with Crippen LogP contribution in [-0.4, -0.2) is 43.7 Å². The topological polar surface area (TPSA) is 90.3 Å². The molecule has 152 valence electrons. The molecule has 1 fully saturated rings. The van der Waals surface area contributed by atoms with E-state index < -0.39 is 0 Å². The highest BCUT2D eigenvalue weighted by Gasteiger charge is 2.24. The van der Waals surface area contributed by atoms with Crippen molar-refractivity contribution in [3.05, 3.63) is 53.1 Å². The Morgan fingerprint density at radius 3 is 2.97 bits per heavy atom. The molecule has 2 aliphatic rings. The molecule has 7 nitrogen and oxygen atoms in total. The second-order valence-electron chi connectivity index (χ2n) is 7.44. The highest BCUT2D eigenvalue weighted by molar-refractivity contribution is 7.22. The SMILES string of the molecule is N#Cc1ccc2c(c1)OCCC2NC(=O)c1ccc2nc(N3CCNCC3)sc2c1. The molecule has 2 aliphatic heterocycles. The molecule has 1 atom stereocenters. The van der Waals surface area contributed by atoms with Crippen LogP contribution in [0.3, 0.4) is 0 Å². The Bertz CT molecular complexity index is 1150. The van der Waals surface area contributed by atoms with Crippen molar-refractivity contribution in [1.29, 1.82) is 5.26 Å². The van der Waals surface area contributed by atoms with Crippen LogP contribution in [0.5, 0.6) is 5.75 Å². The highest BCUT2D eigenvalue weighted by Crippen LogP contribution is 2.33. The van der Waals surface area contributed by atoms with Gasteiger partial charge in [0.1, 0.15) is 5.75 Å². The number of hydrogen-bond acceptors (Lipinski definition) is 7. The number of aromatic nitrogens is 1. The van der Waals surface area contributed by atoms with Gasteiger partial charge in [0.05, 0.1) is 34.5 Å². The lowest BCUT2D eigenvalue weighted by Crippen LogP contribution is -2.43. The fraction of sp³-hybridized carbons (Fsp3) is 0.318. The Balaban J connectivity index is 1.36. The van der Waals surface area contributed by atoms with Crippen LogP contribution in [0.25, 0.3) is 10.2 Å². The fourth-order valence-corrected chi connectivity index (χ4v) is 4.95. The first-order valence-corrected chi connectivity index (χ1v) is 10.9. The number of carbonyl (C=O) groups excluding carboxylic acids is 1. The first-order chi connectivity index (χ1) is 14.7. The summed E-state index contributed by atoms with van der Waals surface area (Å²) in [5, 5.41) is 16.6. The third-order valence-electron chi connectivity index (χ3n) is 5.51. The van der Waals surface area contributed by atoms with E-state index in [1.54, 1.807) is 23.5 Å². The van der Waals surface area contributed by atoms with Crippen molar-refractivity contribution in [2.45, 2.75) is 12.5 Å². The molecule has 3 heterocycles. The van der Waals surface area contributed by atoms with Crippen molar-refractivity contribution in [3.8, 4) is 11.8 Å². The van der Waals surface area contributed by atoms with E-state index in [9.17, 15) is 4.79 Å². The van der Waals surface area contributed by atoms with Crippen LogP contribution < -0.4 is 20.3 Å². The molecule has 0 saturated carbocycles. The zero-order valence-corrected chi connectivity index (χ0v) is 17.2. The molecule has 3 aromatic rings.